The standard InChI is InChI=1S/C18H25N3O2S/c1-18(2,3)23-17(22)21-9-4-5-13(8-10-21)20-14-6-7-15-16(11-14)24-12-19-15/h6-7,11-13,20H,4-5,8-10H2,1-3H3. The molecule has 3 rings (SSSR count). The zero-order chi connectivity index (χ0) is 17.2. The molecule has 1 saturated heterocycles. The highest BCUT2D eigenvalue weighted by molar-refractivity contribution is 7.16. The van der Waals surface area contributed by atoms with Crippen LogP contribution < -0.4 is 5.32 Å². The Labute approximate surface area is 147 Å². The highest BCUT2D eigenvalue weighted by Crippen LogP contribution is 2.24. The maximum atomic E-state index is 12.2. The summed E-state index contributed by atoms with van der Waals surface area (Å²) >= 11 is 1.66. The van der Waals surface area contributed by atoms with E-state index in [9.17, 15) is 4.79 Å². The van der Waals surface area contributed by atoms with Gasteiger partial charge in [0.05, 0.1) is 15.7 Å². The fourth-order valence-corrected chi connectivity index (χ4v) is 3.65. The number of aromatic nitrogens is 1. The number of nitrogens with zero attached hydrogens (tertiary/aromatic N) is 2. The number of carbonyl (C=O) groups excluding carboxylic acids is 1. The van der Waals surface area contributed by atoms with Gasteiger partial charge in [0.2, 0.25) is 0 Å². The van der Waals surface area contributed by atoms with E-state index < -0.39 is 5.60 Å². The molecule has 2 heterocycles. The first-order valence-electron chi connectivity index (χ1n) is 8.48. The Morgan fingerprint density at radius 2 is 2.17 bits per heavy atom. The summed E-state index contributed by atoms with van der Waals surface area (Å²) in [5.41, 5.74) is 3.61. The number of nitrogens with one attached hydrogen (secondary N) is 1. The van der Waals surface area contributed by atoms with E-state index in [4.69, 9.17) is 4.74 Å². The Bertz CT molecular complexity index is 708. The summed E-state index contributed by atoms with van der Waals surface area (Å²) in [5, 5.41) is 3.61. The molecular weight excluding hydrogens is 322 g/mol. The molecule has 6 heteroatoms. The van der Waals surface area contributed by atoms with Crippen molar-refractivity contribution in [3.63, 3.8) is 0 Å². The van der Waals surface area contributed by atoms with Crippen LogP contribution in [0.4, 0.5) is 10.5 Å². The van der Waals surface area contributed by atoms with Gasteiger partial charge in [0.1, 0.15) is 5.60 Å². The first-order chi connectivity index (χ1) is 11.4. The van der Waals surface area contributed by atoms with Crippen molar-refractivity contribution >= 4 is 33.3 Å². The monoisotopic (exact) mass is 347 g/mol. The van der Waals surface area contributed by atoms with Gasteiger partial charge in [-0.2, -0.15) is 0 Å². The molecule has 1 aromatic heterocycles. The predicted octanol–water partition coefficient (Wildman–Crippen LogP) is 4.50. The maximum Gasteiger partial charge on any atom is 0.410 e. The minimum Gasteiger partial charge on any atom is -0.444 e. The van der Waals surface area contributed by atoms with Gasteiger partial charge in [-0.3, -0.25) is 0 Å². The Hall–Kier alpha value is -1.82. The van der Waals surface area contributed by atoms with Gasteiger partial charge in [-0.25, -0.2) is 9.78 Å². The van der Waals surface area contributed by atoms with Gasteiger partial charge in [0, 0.05) is 24.8 Å². The summed E-state index contributed by atoms with van der Waals surface area (Å²) in [6.45, 7) is 7.21. The van der Waals surface area contributed by atoms with E-state index in [1.807, 2.05) is 31.2 Å². The van der Waals surface area contributed by atoms with Crippen LogP contribution in [0.1, 0.15) is 40.0 Å². The summed E-state index contributed by atoms with van der Waals surface area (Å²) in [6.07, 6.45) is 2.77. The Morgan fingerprint density at radius 1 is 1.33 bits per heavy atom. The van der Waals surface area contributed by atoms with Crippen molar-refractivity contribution in [3.05, 3.63) is 23.7 Å². The summed E-state index contributed by atoms with van der Waals surface area (Å²) in [7, 11) is 0. The largest absolute Gasteiger partial charge is 0.444 e. The second-order valence-corrected chi connectivity index (χ2v) is 8.16. The Morgan fingerprint density at radius 3 is 2.96 bits per heavy atom. The van der Waals surface area contributed by atoms with E-state index >= 15 is 0 Å². The lowest BCUT2D eigenvalue weighted by Gasteiger charge is -2.26. The van der Waals surface area contributed by atoms with Crippen molar-refractivity contribution < 1.29 is 9.53 Å². The number of hydrogen-bond acceptors (Lipinski definition) is 5. The average Bonchev–Trinajstić information content (AvgIpc) is 2.83. The molecule has 130 valence electrons. The molecule has 0 radical (unpaired) electrons. The van der Waals surface area contributed by atoms with Crippen molar-refractivity contribution in [2.75, 3.05) is 18.4 Å². The smallest absolute Gasteiger partial charge is 0.410 e. The third kappa shape index (κ3) is 4.38. The highest BCUT2D eigenvalue weighted by Gasteiger charge is 2.25. The lowest BCUT2D eigenvalue weighted by Crippen LogP contribution is -2.37. The molecule has 5 nitrogen and oxygen atoms in total. The fourth-order valence-electron chi connectivity index (χ4n) is 2.93. The molecule has 24 heavy (non-hydrogen) atoms. The number of anilines is 1. The number of fused-ring (bicyclic) bond motifs is 1. The molecule has 1 unspecified atom stereocenters. The summed E-state index contributed by atoms with van der Waals surface area (Å²) in [4.78, 5) is 18.4. The molecule has 0 spiro atoms. The number of hydrogen-bond donors (Lipinski definition) is 1. The number of rotatable bonds is 2. The van der Waals surface area contributed by atoms with Crippen molar-refractivity contribution in [2.24, 2.45) is 0 Å². The van der Waals surface area contributed by atoms with Crippen molar-refractivity contribution in [1.29, 1.82) is 0 Å². The van der Waals surface area contributed by atoms with E-state index in [0.717, 1.165) is 43.6 Å². The molecule has 2 aromatic rings. The molecule has 1 aliphatic heterocycles. The lowest BCUT2D eigenvalue weighted by atomic mass is 10.1. The molecule has 1 N–H and O–H groups in total. The molecule has 1 aromatic carbocycles. The van der Waals surface area contributed by atoms with Crippen LogP contribution >= 0.6 is 11.3 Å². The first-order valence-corrected chi connectivity index (χ1v) is 9.36. The van der Waals surface area contributed by atoms with Gasteiger partial charge >= 0.3 is 6.09 Å². The van der Waals surface area contributed by atoms with Crippen LogP contribution in [0.5, 0.6) is 0 Å². The minimum absolute atomic E-state index is 0.200. The Kier molecular flexibility index (Phi) is 4.94. The van der Waals surface area contributed by atoms with Crippen molar-refractivity contribution in [2.45, 2.75) is 51.7 Å². The second kappa shape index (κ2) is 6.97. The lowest BCUT2D eigenvalue weighted by molar-refractivity contribution is 0.0256. The molecule has 0 aliphatic carbocycles. The normalized spacial score (nSPS) is 19.1. The van der Waals surface area contributed by atoms with Crippen LogP contribution in [0.25, 0.3) is 10.2 Å². The van der Waals surface area contributed by atoms with Crippen LogP contribution in [-0.2, 0) is 4.74 Å². The van der Waals surface area contributed by atoms with Gasteiger partial charge in [-0.1, -0.05) is 0 Å². The predicted molar refractivity (Wildman–Crippen MR) is 98.7 cm³/mol. The topological polar surface area (TPSA) is 54.5 Å². The number of carbonyl (C=O) groups is 1. The number of likely N-dealkylation sites (tertiary alicyclic amines) is 1. The highest BCUT2D eigenvalue weighted by atomic mass is 32.1. The van der Waals surface area contributed by atoms with Gasteiger partial charge in [0.15, 0.2) is 0 Å². The molecule has 1 amide bonds. The first kappa shape index (κ1) is 17.0. The fraction of sp³-hybridized carbons (Fsp3) is 0.556. The zero-order valence-electron chi connectivity index (χ0n) is 14.5. The van der Waals surface area contributed by atoms with E-state index in [1.165, 1.54) is 4.70 Å². The van der Waals surface area contributed by atoms with E-state index in [2.05, 4.69) is 28.5 Å². The molecule has 1 aliphatic rings. The number of thiazole rings is 1. The van der Waals surface area contributed by atoms with Gasteiger partial charge in [-0.05, 0) is 58.2 Å². The average molecular weight is 347 g/mol. The summed E-state index contributed by atoms with van der Waals surface area (Å²) in [6, 6.07) is 6.67. The molecule has 1 atom stereocenters. The van der Waals surface area contributed by atoms with Crippen LogP contribution in [0.15, 0.2) is 23.7 Å². The van der Waals surface area contributed by atoms with Crippen LogP contribution in [0, 0.1) is 0 Å². The maximum absolute atomic E-state index is 12.2. The summed E-state index contributed by atoms with van der Waals surface area (Å²) in [5.74, 6) is 0. The molecule has 1 fully saturated rings. The SMILES string of the molecule is CC(C)(C)OC(=O)N1CCCC(Nc2ccc3ncsc3c2)CC1. The van der Waals surface area contributed by atoms with Crippen molar-refractivity contribution in [1.82, 2.24) is 9.88 Å². The third-order valence-corrected chi connectivity index (χ3v) is 4.87. The molecule has 0 saturated carbocycles. The third-order valence-electron chi connectivity index (χ3n) is 4.08. The van der Waals surface area contributed by atoms with E-state index in [-0.39, 0.29) is 6.09 Å². The number of benzene rings is 1. The van der Waals surface area contributed by atoms with Crippen molar-refractivity contribution in [3.8, 4) is 0 Å². The number of amides is 1. The van der Waals surface area contributed by atoms with Crippen LogP contribution in [-0.4, -0.2) is 40.7 Å². The minimum atomic E-state index is -0.439. The van der Waals surface area contributed by atoms with E-state index in [1.54, 1.807) is 11.3 Å². The van der Waals surface area contributed by atoms with Crippen LogP contribution in [0.2, 0.25) is 0 Å². The molecular formula is C18H25N3O2S. The quantitative estimate of drug-likeness (QED) is 0.869. The van der Waals surface area contributed by atoms with Crippen LogP contribution in [0.3, 0.4) is 0 Å². The number of ether oxygens (including phenoxy) is 1. The van der Waals surface area contributed by atoms with Gasteiger partial charge in [0.25, 0.3) is 0 Å². The molecule has 0 bridgehead atoms. The van der Waals surface area contributed by atoms with Gasteiger partial charge in [-0.15, -0.1) is 11.3 Å². The van der Waals surface area contributed by atoms with Gasteiger partial charge < -0.3 is 15.0 Å². The Balaban J connectivity index is 1.58. The second-order valence-electron chi connectivity index (χ2n) is 7.27. The summed E-state index contributed by atoms with van der Waals surface area (Å²) < 4.78 is 6.68. The zero-order valence-corrected chi connectivity index (χ0v) is 15.4. The van der Waals surface area contributed by atoms with E-state index in [0.29, 0.717) is 6.04 Å².